The molecule has 248 valence electrons. The molecule has 2 amide bonds. The van der Waals surface area contributed by atoms with Crippen LogP contribution in [0.25, 0.3) is 0 Å². The Balaban J connectivity index is 3.56. The van der Waals surface area contributed by atoms with E-state index in [4.69, 9.17) is 0 Å². The van der Waals surface area contributed by atoms with Gasteiger partial charge in [0.1, 0.15) is 6.04 Å². The van der Waals surface area contributed by atoms with Crippen molar-refractivity contribution in [3.05, 3.63) is 12.2 Å². The van der Waals surface area contributed by atoms with E-state index in [2.05, 4.69) is 36.6 Å². The monoisotopic (exact) mass is 593 g/mol. The summed E-state index contributed by atoms with van der Waals surface area (Å²) in [5.41, 5.74) is 0. The number of hydrogen-bond acceptors (Lipinski definition) is 3. The standard InChI is InChI=1S/C37H72N2O3/c1-3-5-7-9-11-13-15-17-19-20-22-24-26-28-30-32-36(41)39-35(34-40)37(42)38-33-31-29-27-25-23-21-18-16-14-12-10-8-6-4-2/h17,19,35,40H,3-16,18,20-34H2,1-2H3,(H,38,42)(H,39,41). The van der Waals surface area contributed by atoms with E-state index in [-0.39, 0.29) is 18.4 Å². The molecule has 5 nitrogen and oxygen atoms in total. The zero-order chi connectivity index (χ0) is 30.8. The minimum absolute atomic E-state index is 0.140. The van der Waals surface area contributed by atoms with Crippen molar-refractivity contribution in [1.82, 2.24) is 10.6 Å². The molecule has 1 atom stereocenters. The largest absolute Gasteiger partial charge is 0.394 e. The molecule has 0 aliphatic carbocycles. The number of rotatable bonds is 33. The fourth-order valence-electron chi connectivity index (χ4n) is 5.47. The van der Waals surface area contributed by atoms with Crippen molar-refractivity contribution >= 4 is 11.8 Å². The van der Waals surface area contributed by atoms with Crippen LogP contribution in [0.2, 0.25) is 0 Å². The molecular weight excluding hydrogens is 520 g/mol. The Kier molecular flexibility index (Phi) is 33.0. The van der Waals surface area contributed by atoms with Gasteiger partial charge in [-0.05, 0) is 38.5 Å². The van der Waals surface area contributed by atoms with Crippen molar-refractivity contribution in [2.75, 3.05) is 13.2 Å². The first-order valence-corrected chi connectivity index (χ1v) is 18.5. The lowest BCUT2D eigenvalue weighted by Crippen LogP contribution is -2.49. The summed E-state index contributed by atoms with van der Waals surface area (Å²) in [5, 5.41) is 15.2. The van der Waals surface area contributed by atoms with Crippen molar-refractivity contribution in [3.63, 3.8) is 0 Å². The molecule has 1 unspecified atom stereocenters. The normalized spacial score (nSPS) is 12.2. The van der Waals surface area contributed by atoms with Gasteiger partial charge < -0.3 is 15.7 Å². The van der Waals surface area contributed by atoms with E-state index in [1.807, 2.05) is 0 Å². The quantitative estimate of drug-likeness (QED) is 0.0524. The van der Waals surface area contributed by atoms with Gasteiger partial charge in [-0.1, -0.05) is 161 Å². The minimum Gasteiger partial charge on any atom is -0.394 e. The third-order valence-electron chi connectivity index (χ3n) is 8.33. The fraction of sp³-hybridized carbons (Fsp3) is 0.892. The summed E-state index contributed by atoms with van der Waals surface area (Å²) in [7, 11) is 0. The summed E-state index contributed by atoms with van der Waals surface area (Å²) in [6.07, 6.45) is 39.3. The van der Waals surface area contributed by atoms with E-state index in [1.165, 1.54) is 135 Å². The van der Waals surface area contributed by atoms with Crippen molar-refractivity contribution in [1.29, 1.82) is 0 Å². The molecule has 0 aromatic carbocycles. The average Bonchev–Trinajstić information content (AvgIpc) is 2.99. The number of allylic oxidation sites excluding steroid dienone is 2. The van der Waals surface area contributed by atoms with Crippen LogP contribution in [0.1, 0.15) is 194 Å². The molecule has 0 spiro atoms. The summed E-state index contributed by atoms with van der Waals surface area (Å²) in [5.74, 6) is -0.414. The van der Waals surface area contributed by atoms with Gasteiger partial charge >= 0.3 is 0 Å². The van der Waals surface area contributed by atoms with E-state index < -0.39 is 6.04 Å². The molecule has 3 N–H and O–H groups in total. The lowest BCUT2D eigenvalue weighted by molar-refractivity contribution is -0.130. The predicted molar refractivity (Wildman–Crippen MR) is 182 cm³/mol. The molecule has 0 saturated carbocycles. The van der Waals surface area contributed by atoms with Crippen LogP contribution in [0.5, 0.6) is 0 Å². The highest BCUT2D eigenvalue weighted by molar-refractivity contribution is 5.87. The molecule has 0 aliphatic heterocycles. The van der Waals surface area contributed by atoms with Crippen LogP contribution in [0.15, 0.2) is 12.2 Å². The number of amides is 2. The van der Waals surface area contributed by atoms with Crippen LogP contribution in [0.4, 0.5) is 0 Å². The molecule has 0 radical (unpaired) electrons. The van der Waals surface area contributed by atoms with Crippen molar-refractivity contribution in [2.45, 2.75) is 200 Å². The first kappa shape index (κ1) is 40.6. The molecule has 5 heteroatoms. The van der Waals surface area contributed by atoms with E-state index >= 15 is 0 Å². The third kappa shape index (κ3) is 30.1. The van der Waals surface area contributed by atoms with Gasteiger partial charge in [0.2, 0.25) is 11.8 Å². The summed E-state index contributed by atoms with van der Waals surface area (Å²) in [6.45, 7) is 4.78. The molecule has 0 heterocycles. The van der Waals surface area contributed by atoms with E-state index in [0.29, 0.717) is 13.0 Å². The van der Waals surface area contributed by atoms with E-state index in [1.54, 1.807) is 0 Å². The average molecular weight is 593 g/mol. The van der Waals surface area contributed by atoms with Gasteiger partial charge in [0.25, 0.3) is 0 Å². The maximum atomic E-state index is 12.4. The Labute approximate surface area is 261 Å². The van der Waals surface area contributed by atoms with E-state index in [9.17, 15) is 14.7 Å². The van der Waals surface area contributed by atoms with Crippen LogP contribution >= 0.6 is 0 Å². The highest BCUT2D eigenvalue weighted by Crippen LogP contribution is 2.13. The van der Waals surface area contributed by atoms with Crippen LogP contribution in [0, 0.1) is 0 Å². The maximum Gasteiger partial charge on any atom is 0.244 e. The number of aliphatic hydroxyl groups excluding tert-OH is 1. The lowest BCUT2D eigenvalue weighted by Gasteiger charge is -2.16. The molecule has 0 rings (SSSR count). The Morgan fingerprint density at radius 1 is 0.548 bits per heavy atom. The Morgan fingerprint density at radius 3 is 1.36 bits per heavy atom. The van der Waals surface area contributed by atoms with Gasteiger partial charge in [-0.25, -0.2) is 0 Å². The van der Waals surface area contributed by atoms with Crippen molar-refractivity contribution < 1.29 is 14.7 Å². The Bertz CT molecular complexity index is 608. The highest BCUT2D eigenvalue weighted by Gasteiger charge is 2.19. The van der Waals surface area contributed by atoms with Crippen molar-refractivity contribution in [2.24, 2.45) is 0 Å². The molecule has 0 fully saturated rings. The summed E-state index contributed by atoms with van der Waals surface area (Å²) >= 11 is 0. The van der Waals surface area contributed by atoms with Gasteiger partial charge in [-0.2, -0.15) is 0 Å². The molecule has 0 saturated heterocycles. The minimum atomic E-state index is -0.840. The zero-order valence-electron chi connectivity index (χ0n) is 28.2. The molecular formula is C37H72N2O3. The lowest BCUT2D eigenvalue weighted by atomic mass is 10.0. The third-order valence-corrected chi connectivity index (χ3v) is 8.33. The van der Waals surface area contributed by atoms with Crippen LogP contribution in [-0.2, 0) is 9.59 Å². The van der Waals surface area contributed by atoms with Gasteiger partial charge in [-0.3, -0.25) is 9.59 Å². The first-order chi connectivity index (χ1) is 20.7. The fourth-order valence-corrected chi connectivity index (χ4v) is 5.47. The molecule has 0 bridgehead atoms. The second-order valence-electron chi connectivity index (χ2n) is 12.5. The molecule has 0 aromatic rings. The van der Waals surface area contributed by atoms with Gasteiger partial charge in [0.15, 0.2) is 0 Å². The van der Waals surface area contributed by atoms with E-state index in [0.717, 1.165) is 38.5 Å². The molecule has 0 aliphatic rings. The smallest absolute Gasteiger partial charge is 0.244 e. The number of carbonyl (C=O) groups is 2. The number of unbranched alkanes of at least 4 members (excludes halogenated alkanes) is 24. The zero-order valence-corrected chi connectivity index (χ0v) is 28.2. The van der Waals surface area contributed by atoms with Gasteiger partial charge in [0.05, 0.1) is 6.61 Å². The van der Waals surface area contributed by atoms with Gasteiger partial charge in [-0.15, -0.1) is 0 Å². The number of hydrogen-bond donors (Lipinski definition) is 3. The van der Waals surface area contributed by atoms with Crippen LogP contribution in [0.3, 0.4) is 0 Å². The number of aliphatic hydroxyl groups is 1. The maximum absolute atomic E-state index is 12.4. The number of nitrogens with one attached hydrogen (secondary N) is 2. The van der Waals surface area contributed by atoms with Crippen LogP contribution in [-0.4, -0.2) is 36.1 Å². The summed E-state index contributed by atoms with van der Waals surface area (Å²) in [6, 6.07) is -0.840. The SMILES string of the molecule is CCCCCCCCC=CCCCCCCCC(=O)NC(CO)C(=O)NCCCCCCCCCCCCCCCC. The summed E-state index contributed by atoms with van der Waals surface area (Å²) in [4.78, 5) is 24.6. The second-order valence-corrected chi connectivity index (χ2v) is 12.5. The Morgan fingerprint density at radius 2 is 0.929 bits per heavy atom. The van der Waals surface area contributed by atoms with Crippen molar-refractivity contribution in [3.8, 4) is 0 Å². The predicted octanol–water partition coefficient (Wildman–Crippen LogP) is 10.1. The molecule has 42 heavy (non-hydrogen) atoms. The highest BCUT2D eigenvalue weighted by atomic mass is 16.3. The number of carbonyl (C=O) groups excluding carboxylic acids is 2. The molecule has 0 aromatic heterocycles. The van der Waals surface area contributed by atoms with Gasteiger partial charge in [0, 0.05) is 13.0 Å². The Hall–Kier alpha value is -1.36. The topological polar surface area (TPSA) is 78.4 Å². The second kappa shape index (κ2) is 34.1. The summed E-state index contributed by atoms with van der Waals surface area (Å²) < 4.78 is 0. The first-order valence-electron chi connectivity index (χ1n) is 18.5. The van der Waals surface area contributed by atoms with Crippen LogP contribution < -0.4 is 10.6 Å².